The van der Waals surface area contributed by atoms with Gasteiger partial charge in [0.25, 0.3) is 0 Å². The van der Waals surface area contributed by atoms with Crippen molar-refractivity contribution < 1.29 is 14.3 Å². The van der Waals surface area contributed by atoms with Gasteiger partial charge in [0.15, 0.2) is 0 Å². The van der Waals surface area contributed by atoms with Gasteiger partial charge in [0.2, 0.25) is 11.8 Å². The molecule has 1 aliphatic heterocycles. The molecule has 0 saturated carbocycles. The molecule has 0 aliphatic carbocycles. The second-order valence-electron chi connectivity index (χ2n) is 6.08. The van der Waals surface area contributed by atoms with E-state index in [2.05, 4.69) is 19.2 Å². The molecule has 1 unspecified atom stereocenters. The van der Waals surface area contributed by atoms with E-state index in [0.29, 0.717) is 25.7 Å². The predicted octanol–water partition coefficient (Wildman–Crippen LogP) is 1.17. The average molecular weight is 270 g/mol. The van der Waals surface area contributed by atoms with Crippen molar-refractivity contribution in [2.45, 2.75) is 52.6 Å². The monoisotopic (exact) mass is 270 g/mol. The second kappa shape index (κ2) is 6.37. The van der Waals surface area contributed by atoms with Crippen LogP contribution < -0.4 is 5.32 Å². The van der Waals surface area contributed by atoms with Crippen molar-refractivity contribution in [2.75, 3.05) is 19.8 Å². The van der Waals surface area contributed by atoms with Gasteiger partial charge in [-0.15, -0.1) is 0 Å². The predicted molar refractivity (Wildman–Crippen MR) is 73.7 cm³/mol. The molecule has 0 aromatic heterocycles. The molecule has 1 heterocycles. The maximum absolute atomic E-state index is 12.2. The van der Waals surface area contributed by atoms with Crippen LogP contribution in [0.15, 0.2) is 0 Å². The molecule has 0 spiro atoms. The Morgan fingerprint density at radius 1 is 1.32 bits per heavy atom. The molecule has 0 bridgehead atoms. The highest BCUT2D eigenvalue weighted by atomic mass is 16.5. The maximum atomic E-state index is 12.2. The van der Waals surface area contributed by atoms with Crippen LogP contribution in [0.1, 0.15) is 41.0 Å². The Balaban J connectivity index is 2.46. The van der Waals surface area contributed by atoms with E-state index in [9.17, 15) is 9.59 Å². The molecule has 1 rings (SSSR count). The average Bonchev–Trinajstić information content (AvgIpc) is 2.29. The molecular formula is C14H26N2O3. The van der Waals surface area contributed by atoms with Crippen LogP contribution >= 0.6 is 0 Å². The molecule has 1 fully saturated rings. The first kappa shape index (κ1) is 16.0. The summed E-state index contributed by atoms with van der Waals surface area (Å²) in [6.45, 7) is 11.1. The molecule has 19 heavy (non-hydrogen) atoms. The van der Waals surface area contributed by atoms with Gasteiger partial charge in [0.05, 0.1) is 6.61 Å². The zero-order valence-electron chi connectivity index (χ0n) is 12.7. The van der Waals surface area contributed by atoms with E-state index in [-0.39, 0.29) is 11.8 Å². The Bertz CT molecular complexity index is 340. The lowest BCUT2D eigenvalue weighted by molar-refractivity contribution is -0.153. The number of hydrogen-bond donors (Lipinski definition) is 1. The van der Waals surface area contributed by atoms with E-state index in [1.807, 2.05) is 0 Å². The SMILES string of the molecule is CC(C)CCOCCN1C(=O)C(C)(C)NC(=O)C1C. The van der Waals surface area contributed by atoms with E-state index >= 15 is 0 Å². The zero-order valence-corrected chi connectivity index (χ0v) is 12.7. The van der Waals surface area contributed by atoms with E-state index < -0.39 is 11.6 Å². The zero-order chi connectivity index (χ0) is 14.6. The number of hydrogen-bond acceptors (Lipinski definition) is 3. The van der Waals surface area contributed by atoms with E-state index in [1.54, 1.807) is 25.7 Å². The fourth-order valence-corrected chi connectivity index (χ4v) is 2.02. The Morgan fingerprint density at radius 2 is 1.95 bits per heavy atom. The van der Waals surface area contributed by atoms with Crippen molar-refractivity contribution in [3.05, 3.63) is 0 Å². The smallest absolute Gasteiger partial charge is 0.248 e. The van der Waals surface area contributed by atoms with Gasteiger partial charge >= 0.3 is 0 Å². The number of nitrogens with zero attached hydrogens (tertiary/aromatic N) is 1. The lowest BCUT2D eigenvalue weighted by Crippen LogP contribution is -2.67. The topological polar surface area (TPSA) is 58.6 Å². The van der Waals surface area contributed by atoms with Crippen molar-refractivity contribution >= 4 is 11.8 Å². The molecule has 1 saturated heterocycles. The van der Waals surface area contributed by atoms with Crippen LogP contribution in [-0.4, -0.2) is 48.1 Å². The van der Waals surface area contributed by atoms with Gasteiger partial charge < -0.3 is 15.0 Å². The molecule has 5 heteroatoms. The number of piperazine rings is 1. The van der Waals surface area contributed by atoms with Gasteiger partial charge in [-0.25, -0.2) is 0 Å². The maximum Gasteiger partial charge on any atom is 0.248 e. The van der Waals surface area contributed by atoms with Crippen LogP contribution in [0.2, 0.25) is 0 Å². The molecule has 1 aliphatic rings. The van der Waals surface area contributed by atoms with Crippen molar-refractivity contribution in [1.82, 2.24) is 10.2 Å². The highest BCUT2D eigenvalue weighted by Crippen LogP contribution is 2.17. The fourth-order valence-electron chi connectivity index (χ4n) is 2.02. The summed E-state index contributed by atoms with van der Waals surface area (Å²) >= 11 is 0. The largest absolute Gasteiger partial charge is 0.380 e. The first-order valence-corrected chi connectivity index (χ1v) is 6.96. The minimum Gasteiger partial charge on any atom is -0.380 e. The normalized spacial score (nSPS) is 22.8. The lowest BCUT2D eigenvalue weighted by atomic mass is 9.97. The molecule has 1 atom stereocenters. The quantitative estimate of drug-likeness (QED) is 0.737. The summed E-state index contributed by atoms with van der Waals surface area (Å²) in [6, 6.07) is -0.422. The third-order valence-corrected chi connectivity index (χ3v) is 3.39. The summed E-state index contributed by atoms with van der Waals surface area (Å²) in [5, 5.41) is 2.73. The highest BCUT2D eigenvalue weighted by molar-refractivity contribution is 5.99. The summed E-state index contributed by atoms with van der Waals surface area (Å²) in [7, 11) is 0. The molecule has 2 amide bonds. The van der Waals surface area contributed by atoms with Crippen LogP contribution in [0, 0.1) is 5.92 Å². The molecule has 1 N–H and O–H groups in total. The summed E-state index contributed by atoms with van der Waals surface area (Å²) in [4.78, 5) is 25.6. The van der Waals surface area contributed by atoms with Crippen molar-refractivity contribution in [1.29, 1.82) is 0 Å². The molecule has 0 aromatic rings. The highest BCUT2D eigenvalue weighted by Gasteiger charge is 2.42. The van der Waals surface area contributed by atoms with Crippen LogP contribution in [0.3, 0.4) is 0 Å². The third-order valence-electron chi connectivity index (χ3n) is 3.39. The van der Waals surface area contributed by atoms with Crippen molar-refractivity contribution in [2.24, 2.45) is 5.92 Å². The van der Waals surface area contributed by atoms with Gasteiger partial charge in [-0.3, -0.25) is 9.59 Å². The standard InChI is InChI=1S/C14H26N2O3/c1-10(2)6-8-19-9-7-16-11(3)12(17)15-14(4,5)13(16)18/h10-11H,6-9H2,1-5H3,(H,15,17). The number of amides is 2. The number of ether oxygens (including phenoxy) is 1. The lowest BCUT2D eigenvalue weighted by Gasteiger charge is -2.41. The summed E-state index contributed by atoms with van der Waals surface area (Å²) in [6.07, 6.45) is 1.01. The van der Waals surface area contributed by atoms with Gasteiger partial charge in [-0.05, 0) is 33.1 Å². The number of rotatable bonds is 6. The van der Waals surface area contributed by atoms with Crippen LogP contribution in [-0.2, 0) is 14.3 Å². The molecule has 5 nitrogen and oxygen atoms in total. The Labute approximate surface area is 115 Å². The third kappa shape index (κ3) is 4.20. The second-order valence-corrected chi connectivity index (χ2v) is 6.08. The van der Waals surface area contributed by atoms with Gasteiger partial charge in [-0.1, -0.05) is 13.8 Å². The summed E-state index contributed by atoms with van der Waals surface area (Å²) in [5.74, 6) is 0.457. The summed E-state index contributed by atoms with van der Waals surface area (Å²) in [5.41, 5.74) is -0.818. The number of nitrogens with one attached hydrogen (secondary N) is 1. The molecule has 0 aromatic carbocycles. The fraction of sp³-hybridized carbons (Fsp3) is 0.857. The van der Waals surface area contributed by atoms with Crippen molar-refractivity contribution in [3.8, 4) is 0 Å². The minimum absolute atomic E-state index is 0.0490. The molecule has 110 valence electrons. The van der Waals surface area contributed by atoms with Crippen LogP contribution in [0.4, 0.5) is 0 Å². The minimum atomic E-state index is -0.818. The summed E-state index contributed by atoms with van der Waals surface area (Å²) < 4.78 is 5.52. The van der Waals surface area contributed by atoms with Gasteiger partial charge in [-0.2, -0.15) is 0 Å². The Hall–Kier alpha value is -1.10. The first-order chi connectivity index (χ1) is 8.75. The van der Waals surface area contributed by atoms with Gasteiger partial charge in [0.1, 0.15) is 11.6 Å². The number of carbonyl (C=O) groups is 2. The molecular weight excluding hydrogens is 244 g/mol. The van der Waals surface area contributed by atoms with Crippen molar-refractivity contribution in [3.63, 3.8) is 0 Å². The Morgan fingerprint density at radius 3 is 2.53 bits per heavy atom. The van der Waals surface area contributed by atoms with E-state index in [4.69, 9.17) is 4.74 Å². The van der Waals surface area contributed by atoms with Crippen LogP contribution in [0.25, 0.3) is 0 Å². The number of carbonyl (C=O) groups excluding carboxylic acids is 2. The van der Waals surface area contributed by atoms with E-state index in [1.165, 1.54) is 0 Å². The van der Waals surface area contributed by atoms with Crippen LogP contribution in [0.5, 0.6) is 0 Å². The Kier molecular flexibility index (Phi) is 5.35. The van der Waals surface area contributed by atoms with Gasteiger partial charge in [0, 0.05) is 13.2 Å². The molecule has 0 radical (unpaired) electrons. The first-order valence-electron chi connectivity index (χ1n) is 6.96. The van der Waals surface area contributed by atoms with E-state index in [0.717, 1.165) is 6.42 Å².